The fourth-order valence-corrected chi connectivity index (χ4v) is 3.57. The number of nitrogens with one attached hydrogen (secondary N) is 1. The Labute approximate surface area is 154 Å². The van der Waals surface area contributed by atoms with Crippen LogP contribution in [-0.4, -0.2) is 37.8 Å². The Morgan fingerprint density at radius 2 is 2.04 bits per heavy atom. The maximum absolute atomic E-state index is 12.8. The molecule has 1 atom stereocenters. The Bertz CT molecular complexity index is 996. The van der Waals surface area contributed by atoms with Gasteiger partial charge in [-0.15, -0.1) is 11.3 Å². The van der Waals surface area contributed by atoms with Gasteiger partial charge in [-0.3, -0.25) is 14.6 Å². The Balaban J connectivity index is 1.87. The van der Waals surface area contributed by atoms with E-state index in [4.69, 9.17) is 0 Å². The number of carbonyl (C=O) groups excluding carboxylic acids is 1. The van der Waals surface area contributed by atoms with Crippen molar-refractivity contribution in [1.82, 2.24) is 24.8 Å². The van der Waals surface area contributed by atoms with Crippen LogP contribution >= 0.6 is 11.3 Å². The van der Waals surface area contributed by atoms with E-state index < -0.39 is 11.5 Å². The molecule has 3 heterocycles. The number of aromatic amines is 1. The van der Waals surface area contributed by atoms with Gasteiger partial charge in [0.25, 0.3) is 11.5 Å². The van der Waals surface area contributed by atoms with Crippen molar-refractivity contribution in [2.24, 2.45) is 0 Å². The Hall–Kier alpha value is -2.87. The molecule has 0 spiro atoms. The summed E-state index contributed by atoms with van der Waals surface area (Å²) in [5.74, 6) is -0.0716. The first-order valence-electron chi connectivity index (χ1n) is 8.10. The molecular weight excluding hydrogens is 350 g/mol. The van der Waals surface area contributed by atoms with Gasteiger partial charge in [-0.25, -0.2) is 9.97 Å². The summed E-state index contributed by atoms with van der Waals surface area (Å²) >= 11 is 1.59. The van der Waals surface area contributed by atoms with E-state index in [0.29, 0.717) is 11.5 Å². The number of hydrogen-bond acceptors (Lipinski definition) is 6. The molecule has 3 aromatic rings. The first-order valence-corrected chi connectivity index (χ1v) is 8.92. The number of hydrogen-bond donors (Lipinski definition) is 1. The van der Waals surface area contributed by atoms with E-state index >= 15 is 0 Å². The minimum atomic E-state index is -0.490. The van der Waals surface area contributed by atoms with E-state index in [1.807, 2.05) is 20.8 Å². The third kappa shape index (κ3) is 3.41. The second-order valence-corrected chi connectivity index (χ2v) is 7.36. The zero-order valence-corrected chi connectivity index (χ0v) is 15.8. The van der Waals surface area contributed by atoms with Crippen molar-refractivity contribution in [1.29, 1.82) is 0 Å². The van der Waals surface area contributed by atoms with Crippen LogP contribution < -0.4 is 5.56 Å². The fraction of sp³-hybridized carbons (Fsp3) is 0.278. The highest BCUT2D eigenvalue weighted by molar-refractivity contribution is 7.11. The molecule has 0 bridgehead atoms. The van der Waals surface area contributed by atoms with Crippen LogP contribution in [0.4, 0.5) is 0 Å². The van der Waals surface area contributed by atoms with Crippen molar-refractivity contribution in [2.75, 3.05) is 7.05 Å². The molecule has 1 amide bonds. The number of H-pyrrole nitrogens is 1. The van der Waals surface area contributed by atoms with Crippen molar-refractivity contribution < 1.29 is 4.79 Å². The van der Waals surface area contributed by atoms with Crippen molar-refractivity contribution in [2.45, 2.75) is 26.8 Å². The Kier molecular flexibility index (Phi) is 4.94. The standard InChI is InChI=1S/C18H19N5O2S/c1-10(15-11(2)26-12(3)21-15)23(4)18(25)13-9-20-16(22-17(13)24)14-7-5-6-8-19-14/h5-10H,1-4H3,(H,20,22,24). The smallest absolute Gasteiger partial charge is 0.264 e. The van der Waals surface area contributed by atoms with Gasteiger partial charge in [0.15, 0.2) is 5.82 Å². The number of carbonyl (C=O) groups is 1. The molecule has 0 saturated carbocycles. The van der Waals surface area contributed by atoms with Crippen molar-refractivity contribution in [3.05, 3.63) is 62.1 Å². The summed E-state index contributed by atoms with van der Waals surface area (Å²) in [7, 11) is 1.66. The van der Waals surface area contributed by atoms with Crippen LogP contribution in [-0.2, 0) is 0 Å². The van der Waals surface area contributed by atoms with Crippen LogP contribution in [0, 0.1) is 13.8 Å². The second kappa shape index (κ2) is 7.17. The number of thiazole rings is 1. The summed E-state index contributed by atoms with van der Waals surface area (Å²) < 4.78 is 0. The molecule has 0 aromatic carbocycles. The molecule has 0 aliphatic heterocycles. The Morgan fingerprint density at radius 3 is 2.62 bits per heavy atom. The summed E-state index contributed by atoms with van der Waals surface area (Å²) in [5.41, 5.74) is 0.885. The normalized spacial score (nSPS) is 12.0. The summed E-state index contributed by atoms with van der Waals surface area (Å²) in [6, 6.07) is 5.07. The molecule has 1 unspecified atom stereocenters. The maximum Gasteiger partial charge on any atom is 0.264 e. The first-order chi connectivity index (χ1) is 12.4. The minimum Gasteiger partial charge on any atom is -0.333 e. The largest absolute Gasteiger partial charge is 0.333 e. The number of pyridine rings is 1. The number of amides is 1. The molecule has 3 aromatic heterocycles. The van der Waals surface area contributed by atoms with Gasteiger partial charge in [0.1, 0.15) is 11.3 Å². The lowest BCUT2D eigenvalue weighted by molar-refractivity contribution is 0.0737. The second-order valence-electron chi connectivity index (χ2n) is 5.96. The quantitative estimate of drug-likeness (QED) is 0.763. The lowest BCUT2D eigenvalue weighted by Crippen LogP contribution is -2.34. The zero-order chi connectivity index (χ0) is 18.8. The van der Waals surface area contributed by atoms with Crippen LogP contribution in [0.15, 0.2) is 35.4 Å². The van der Waals surface area contributed by atoms with E-state index in [1.165, 1.54) is 11.1 Å². The summed E-state index contributed by atoms with van der Waals surface area (Å²) in [6.45, 7) is 5.80. The molecule has 7 nitrogen and oxygen atoms in total. The summed E-state index contributed by atoms with van der Waals surface area (Å²) in [4.78, 5) is 43.2. The maximum atomic E-state index is 12.8. The minimum absolute atomic E-state index is 0.0105. The SMILES string of the molecule is Cc1nc(C(C)N(C)C(=O)c2cnc(-c3ccccn3)[nH]c2=O)c(C)s1. The summed E-state index contributed by atoms with van der Waals surface area (Å²) in [6.07, 6.45) is 2.91. The van der Waals surface area contributed by atoms with Gasteiger partial charge in [0.05, 0.1) is 16.7 Å². The molecule has 0 aliphatic carbocycles. The van der Waals surface area contributed by atoms with Crippen molar-refractivity contribution in [3.63, 3.8) is 0 Å². The van der Waals surface area contributed by atoms with E-state index in [-0.39, 0.29) is 11.6 Å². The van der Waals surface area contributed by atoms with Crippen molar-refractivity contribution in [3.8, 4) is 11.5 Å². The molecule has 0 saturated heterocycles. The molecule has 0 aliphatic rings. The van der Waals surface area contributed by atoms with Gasteiger partial charge in [0.2, 0.25) is 0 Å². The van der Waals surface area contributed by atoms with Gasteiger partial charge >= 0.3 is 0 Å². The lowest BCUT2D eigenvalue weighted by atomic mass is 10.1. The van der Waals surface area contributed by atoms with Gasteiger partial charge in [-0.05, 0) is 32.9 Å². The Morgan fingerprint density at radius 1 is 1.27 bits per heavy atom. The van der Waals surface area contributed by atoms with Crippen LogP contribution in [0.1, 0.15) is 38.9 Å². The number of aromatic nitrogens is 4. The molecule has 3 rings (SSSR count). The number of aryl methyl sites for hydroxylation is 2. The van der Waals surface area contributed by atoms with Crippen LogP contribution in [0.5, 0.6) is 0 Å². The van der Waals surface area contributed by atoms with Crippen molar-refractivity contribution >= 4 is 17.2 Å². The molecule has 0 radical (unpaired) electrons. The van der Waals surface area contributed by atoms with Gasteiger partial charge in [-0.2, -0.15) is 0 Å². The van der Waals surface area contributed by atoms with E-state index in [1.54, 1.807) is 42.8 Å². The third-order valence-corrected chi connectivity index (χ3v) is 5.08. The highest BCUT2D eigenvalue weighted by atomic mass is 32.1. The molecule has 0 fully saturated rings. The van der Waals surface area contributed by atoms with E-state index in [2.05, 4.69) is 19.9 Å². The van der Waals surface area contributed by atoms with Crippen LogP contribution in [0.25, 0.3) is 11.5 Å². The average Bonchev–Trinajstić information content (AvgIpc) is 2.98. The molecule has 134 valence electrons. The van der Waals surface area contributed by atoms with Gasteiger partial charge in [0, 0.05) is 24.3 Å². The van der Waals surface area contributed by atoms with E-state index in [9.17, 15) is 9.59 Å². The monoisotopic (exact) mass is 369 g/mol. The molecule has 1 N–H and O–H groups in total. The first kappa shape index (κ1) is 17.9. The van der Waals surface area contributed by atoms with E-state index in [0.717, 1.165) is 15.6 Å². The molecule has 26 heavy (non-hydrogen) atoms. The zero-order valence-electron chi connectivity index (χ0n) is 15.0. The topological polar surface area (TPSA) is 91.8 Å². The summed E-state index contributed by atoms with van der Waals surface area (Å²) in [5, 5.41) is 0.949. The third-order valence-electron chi connectivity index (χ3n) is 4.17. The van der Waals surface area contributed by atoms with Crippen LogP contribution in [0.2, 0.25) is 0 Å². The fourth-order valence-electron chi connectivity index (χ4n) is 2.66. The van der Waals surface area contributed by atoms with Gasteiger partial charge < -0.3 is 9.88 Å². The molecule has 8 heteroatoms. The number of rotatable bonds is 4. The highest BCUT2D eigenvalue weighted by Crippen LogP contribution is 2.26. The highest BCUT2D eigenvalue weighted by Gasteiger charge is 2.25. The predicted octanol–water partition coefficient (Wildman–Crippen LogP) is 2.74. The number of nitrogens with zero attached hydrogens (tertiary/aromatic N) is 4. The lowest BCUT2D eigenvalue weighted by Gasteiger charge is -2.24. The predicted molar refractivity (Wildman–Crippen MR) is 100 cm³/mol. The average molecular weight is 369 g/mol. The van der Waals surface area contributed by atoms with Gasteiger partial charge in [-0.1, -0.05) is 6.07 Å². The molecular formula is C18H19N5O2S. The van der Waals surface area contributed by atoms with Crippen LogP contribution in [0.3, 0.4) is 0 Å².